The Kier molecular flexibility index (Phi) is 3.04. The summed E-state index contributed by atoms with van der Waals surface area (Å²) in [6.07, 6.45) is 2.30. The van der Waals surface area contributed by atoms with Crippen molar-refractivity contribution in [1.82, 2.24) is 15.0 Å². The summed E-state index contributed by atoms with van der Waals surface area (Å²) < 4.78 is 0. The largest absolute Gasteiger partial charge is 0.368 e. The second-order valence-electron chi connectivity index (χ2n) is 4.68. The number of rotatable bonds is 5. The number of anilines is 3. The molecule has 1 saturated carbocycles. The topological polar surface area (TPSA) is 80.0 Å². The highest BCUT2D eigenvalue weighted by Crippen LogP contribution is 2.37. The third-order valence-electron chi connectivity index (χ3n) is 3.10. The van der Waals surface area contributed by atoms with Crippen molar-refractivity contribution in [3.63, 3.8) is 0 Å². The number of nitrogen functional groups attached to an aromatic ring is 1. The molecular formula is C11H20N6. The molecular weight excluding hydrogens is 216 g/mol. The van der Waals surface area contributed by atoms with Crippen LogP contribution in [0.3, 0.4) is 0 Å². The molecule has 94 valence electrons. The average molecular weight is 236 g/mol. The highest BCUT2D eigenvalue weighted by Gasteiger charge is 2.38. The third-order valence-corrected chi connectivity index (χ3v) is 3.10. The van der Waals surface area contributed by atoms with E-state index in [1.807, 2.05) is 0 Å². The van der Waals surface area contributed by atoms with Crippen LogP contribution in [0, 0.1) is 0 Å². The molecule has 1 fully saturated rings. The van der Waals surface area contributed by atoms with Crippen LogP contribution in [0.15, 0.2) is 0 Å². The van der Waals surface area contributed by atoms with E-state index in [1.54, 1.807) is 0 Å². The zero-order valence-corrected chi connectivity index (χ0v) is 10.7. The fourth-order valence-corrected chi connectivity index (χ4v) is 1.67. The fraction of sp³-hybridized carbons (Fsp3) is 0.727. The van der Waals surface area contributed by atoms with Crippen molar-refractivity contribution in [2.75, 3.05) is 29.0 Å². The van der Waals surface area contributed by atoms with Gasteiger partial charge in [-0.3, -0.25) is 0 Å². The van der Waals surface area contributed by atoms with Crippen molar-refractivity contribution in [1.29, 1.82) is 0 Å². The van der Waals surface area contributed by atoms with Crippen LogP contribution in [0.4, 0.5) is 17.8 Å². The van der Waals surface area contributed by atoms with Crippen LogP contribution in [0.2, 0.25) is 0 Å². The van der Waals surface area contributed by atoms with E-state index in [1.165, 1.54) is 0 Å². The van der Waals surface area contributed by atoms with Crippen LogP contribution in [0.5, 0.6) is 0 Å². The summed E-state index contributed by atoms with van der Waals surface area (Å²) in [4.78, 5) is 14.8. The Morgan fingerprint density at radius 3 is 2.41 bits per heavy atom. The molecule has 0 radical (unpaired) electrons. The number of nitrogens with two attached hydrogens (primary N) is 1. The van der Waals surface area contributed by atoms with Crippen LogP contribution in [0.25, 0.3) is 0 Å². The van der Waals surface area contributed by atoms with E-state index in [4.69, 9.17) is 5.73 Å². The van der Waals surface area contributed by atoms with Gasteiger partial charge in [-0.25, -0.2) is 0 Å². The smallest absolute Gasteiger partial charge is 0.231 e. The average Bonchev–Trinajstić information content (AvgIpc) is 2.97. The van der Waals surface area contributed by atoms with Crippen LogP contribution < -0.4 is 16.0 Å². The third kappa shape index (κ3) is 2.75. The number of hydrogen-bond donors (Lipinski definition) is 2. The normalized spacial score (nSPS) is 16.6. The van der Waals surface area contributed by atoms with Crippen LogP contribution in [-0.2, 0) is 0 Å². The Morgan fingerprint density at radius 1 is 1.24 bits per heavy atom. The first-order valence-electron chi connectivity index (χ1n) is 6.11. The minimum atomic E-state index is 0.147. The number of nitrogens with one attached hydrogen (secondary N) is 1. The lowest BCUT2D eigenvalue weighted by molar-refractivity contribution is 0.785. The van der Waals surface area contributed by atoms with E-state index in [0.717, 1.165) is 25.9 Å². The number of hydrogen-bond acceptors (Lipinski definition) is 6. The lowest BCUT2D eigenvalue weighted by Crippen LogP contribution is -2.26. The highest BCUT2D eigenvalue weighted by molar-refractivity contribution is 5.44. The lowest BCUT2D eigenvalue weighted by atomic mass is 10.3. The van der Waals surface area contributed by atoms with Gasteiger partial charge >= 0.3 is 0 Å². The van der Waals surface area contributed by atoms with Gasteiger partial charge in [0.05, 0.1) is 0 Å². The molecule has 1 aliphatic carbocycles. The van der Waals surface area contributed by atoms with E-state index in [2.05, 4.69) is 45.9 Å². The van der Waals surface area contributed by atoms with Gasteiger partial charge in [-0.1, -0.05) is 0 Å². The van der Waals surface area contributed by atoms with Crippen molar-refractivity contribution in [2.45, 2.75) is 39.2 Å². The van der Waals surface area contributed by atoms with E-state index in [-0.39, 0.29) is 11.5 Å². The van der Waals surface area contributed by atoms with E-state index in [9.17, 15) is 0 Å². The zero-order chi connectivity index (χ0) is 12.5. The summed E-state index contributed by atoms with van der Waals surface area (Å²) in [6.45, 7) is 8.01. The van der Waals surface area contributed by atoms with Crippen LogP contribution >= 0.6 is 0 Å². The summed E-state index contributed by atoms with van der Waals surface area (Å²) in [5.74, 6) is 1.50. The molecule has 1 aromatic rings. The molecule has 0 unspecified atom stereocenters. The van der Waals surface area contributed by atoms with E-state index in [0.29, 0.717) is 11.9 Å². The second kappa shape index (κ2) is 4.35. The van der Waals surface area contributed by atoms with Crippen molar-refractivity contribution in [3.05, 3.63) is 0 Å². The summed E-state index contributed by atoms with van der Waals surface area (Å²) >= 11 is 0. The fourth-order valence-electron chi connectivity index (χ4n) is 1.67. The molecule has 1 aromatic heterocycles. The molecule has 3 N–H and O–H groups in total. The molecule has 0 bridgehead atoms. The van der Waals surface area contributed by atoms with E-state index < -0.39 is 0 Å². The molecule has 1 aliphatic rings. The minimum absolute atomic E-state index is 0.147. The monoisotopic (exact) mass is 236 g/mol. The van der Waals surface area contributed by atoms with Gasteiger partial charge in [0.15, 0.2) is 0 Å². The highest BCUT2D eigenvalue weighted by atomic mass is 15.3. The van der Waals surface area contributed by atoms with Crippen molar-refractivity contribution in [2.24, 2.45) is 0 Å². The van der Waals surface area contributed by atoms with Crippen molar-refractivity contribution >= 4 is 17.8 Å². The Balaban J connectivity index is 2.22. The molecule has 0 aromatic carbocycles. The van der Waals surface area contributed by atoms with Gasteiger partial charge in [0, 0.05) is 18.6 Å². The zero-order valence-electron chi connectivity index (χ0n) is 10.7. The Hall–Kier alpha value is -1.59. The summed E-state index contributed by atoms with van der Waals surface area (Å²) in [5.41, 5.74) is 5.86. The van der Waals surface area contributed by atoms with Gasteiger partial charge in [-0.15, -0.1) is 0 Å². The van der Waals surface area contributed by atoms with Gasteiger partial charge in [-0.05, 0) is 33.6 Å². The maximum Gasteiger partial charge on any atom is 0.231 e. The van der Waals surface area contributed by atoms with Crippen molar-refractivity contribution in [3.8, 4) is 0 Å². The van der Waals surface area contributed by atoms with E-state index >= 15 is 0 Å². The molecule has 2 rings (SSSR count). The molecule has 0 aliphatic heterocycles. The summed E-state index contributed by atoms with van der Waals surface area (Å²) in [6, 6.07) is 0. The summed E-state index contributed by atoms with van der Waals surface area (Å²) in [7, 11) is 0. The molecule has 0 spiro atoms. The van der Waals surface area contributed by atoms with Gasteiger partial charge in [-0.2, -0.15) is 15.0 Å². The Labute approximate surface area is 102 Å². The maximum atomic E-state index is 5.72. The number of nitrogens with zero attached hydrogens (tertiary/aromatic N) is 4. The molecule has 0 atom stereocenters. The SMILES string of the molecule is CCN(CC)c1nc(N)nc(NC2(C)CC2)n1. The van der Waals surface area contributed by atoms with Crippen molar-refractivity contribution < 1.29 is 0 Å². The minimum Gasteiger partial charge on any atom is -0.368 e. The lowest BCUT2D eigenvalue weighted by Gasteiger charge is -2.20. The predicted octanol–water partition coefficient (Wildman–Crippen LogP) is 1.26. The molecule has 1 heterocycles. The van der Waals surface area contributed by atoms with Crippen LogP contribution in [-0.4, -0.2) is 33.6 Å². The first-order chi connectivity index (χ1) is 8.06. The predicted molar refractivity (Wildman–Crippen MR) is 69.1 cm³/mol. The van der Waals surface area contributed by atoms with Crippen LogP contribution in [0.1, 0.15) is 33.6 Å². The Bertz CT molecular complexity index is 397. The van der Waals surface area contributed by atoms with Gasteiger partial charge in [0.2, 0.25) is 17.8 Å². The Morgan fingerprint density at radius 2 is 1.88 bits per heavy atom. The molecule has 0 amide bonds. The standard InChI is InChI=1S/C11H20N6/c1-4-17(5-2)10-14-8(12)13-9(15-10)16-11(3)6-7-11/h4-7H2,1-3H3,(H3,12,13,14,15,16). The van der Waals surface area contributed by atoms with Gasteiger partial charge in [0.1, 0.15) is 0 Å². The number of aromatic nitrogens is 3. The van der Waals surface area contributed by atoms with Gasteiger partial charge in [0.25, 0.3) is 0 Å². The van der Waals surface area contributed by atoms with Gasteiger partial charge < -0.3 is 16.0 Å². The summed E-state index contributed by atoms with van der Waals surface area (Å²) in [5, 5.41) is 3.31. The maximum absolute atomic E-state index is 5.72. The molecule has 0 saturated heterocycles. The molecule has 6 nitrogen and oxygen atoms in total. The molecule has 6 heteroatoms. The first-order valence-corrected chi connectivity index (χ1v) is 6.11. The second-order valence-corrected chi connectivity index (χ2v) is 4.68. The first kappa shape index (κ1) is 11.9. The quantitative estimate of drug-likeness (QED) is 0.801. The molecule has 17 heavy (non-hydrogen) atoms.